The van der Waals surface area contributed by atoms with Gasteiger partial charge in [-0.05, 0) is 42.5 Å². The Morgan fingerprint density at radius 3 is 2.95 bits per heavy atom. The quantitative estimate of drug-likeness (QED) is 0.728. The SMILES string of the molecule is Fc1ccc(F)c(Cn2c(=S)[nH]c3cccnc32)c1. The van der Waals surface area contributed by atoms with Gasteiger partial charge in [0.15, 0.2) is 10.4 Å². The van der Waals surface area contributed by atoms with Crippen LogP contribution in [0.5, 0.6) is 0 Å². The van der Waals surface area contributed by atoms with Crippen molar-refractivity contribution >= 4 is 23.4 Å². The van der Waals surface area contributed by atoms with E-state index in [9.17, 15) is 8.78 Å². The van der Waals surface area contributed by atoms with Gasteiger partial charge in [0, 0.05) is 11.8 Å². The molecule has 3 rings (SSSR count). The highest BCUT2D eigenvalue weighted by atomic mass is 32.1. The molecular weight excluding hydrogens is 268 g/mol. The van der Waals surface area contributed by atoms with Crippen molar-refractivity contribution in [3.8, 4) is 0 Å². The number of aromatic nitrogens is 3. The molecule has 2 aromatic heterocycles. The van der Waals surface area contributed by atoms with Gasteiger partial charge >= 0.3 is 0 Å². The summed E-state index contributed by atoms with van der Waals surface area (Å²) in [7, 11) is 0. The molecule has 0 aliphatic rings. The smallest absolute Gasteiger partial charge is 0.179 e. The van der Waals surface area contributed by atoms with Crippen molar-refractivity contribution in [2.75, 3.05) is 0 Å². The molecule has 19 heavy (non-hydrogen) atoms. The molecule has 0 unspecified atom stereocenters. The standard InChI is InChI=1S/C13H9F2N3S/c14-9-3-4-10(15)8(6-9)7-18-12-11(17-13(18)19)2-1-5-16-12/h1-6H,7H2,(H,17,19). The van der Waals surface area contributed by atoms with Crippen LogP contribution in [0.1, 0.15) is 5.56 Å². The summed E-state index contributed by atoms with van der Waals surface area (Å²) in [6.07, 6.45) is 1.63. The highest BCUT2D eigenvalue weighted by Crippen LogP contribution is 2.16. The van der Waals surface area contributed by atoms with Crippen LogP contribution in [0.4, 0.5) is 8.78 Å². The molecule has 0 spiro atoms. The number of fused-ring (bicyclic) bond motifs is 1. The van der Waals surface area contributed by atoms with Crippen LogP contribution in [-0.2, 0) is 6.54 Å². The first-order valence-electron chi connectivity index (χ1n) is 5.62. The average molecular weight is 277 g/mol. The number of nitrogens with one attached hydrogen (secondary N) is 1. The Bertz CT molecular complexity index is 807. The van der Waals surface area contributed by atoms with Crippen molar-refractivity contribution in [2.45, 2.75) is 6.54 Å². The summed E-state index contributed by atoms with van der Waals surface area (Å²) in [6.45, 7) is 0.138. The zero-order valence-corrected chi connectivity index (χ0v) is 10.5. The first-order chi connectivity index (χ1) is 9.15. The van der Waals surface area contributed by atoms with E-state index in [1.807, 2.05) is 6.07 Å². The van der Waals surface area contributed by atoms with Gasteiger partial charge in [-0.3, -0.25) is 4.57 Å². The summed E-state index contributed by atoms with van der Waals surface area (Å²) in [5.41, 5.74) is 1.63. The number of hydrogen-bond donors (Lipinski definition) is 1. The van der Waals surface area contributed by atoms with E-state index >= 15 is 0 Å². The predicted octanol–water partition coefficient (Wildman–Crippen LogP) is 3.42. The second-order valence-corrected chi connectivity index (χ2v) is 4.51. The summed E-state index contributed by atoms with van der Waals surface area (Å²) in [5, 5.41) is 0. The van der Waals surface area contributed by atoms with Crippen LogP contribution in [0.2, 0.25) is 0 Å². The van der Waals surface area contributed by atoms with Gasteiger partial charge in [0.25, 0.3) is 0 Å². The summed E-state index contributed by atoms with van der Waals surface area (Å²) in [4.78, 5) is 7.18. The summed E-state index contributed by atoms with van der Waals surface area (Å²) < 4.78 is 28.9. The summed E-state index contributed by atoms with van der Waals surface area (Å²) in [6, 6.07) is 6.97. The van der Waals surface area contributed by atoms with Gasteiger partial charge in [-0.1, -0.05) is 0 Å². The summed E-state index contributed by atoms with van der Waals surface area (Å²) >= 11 is 5.18. The van der Waals surface area contributed by atoms with Gasteiger partial charge < -0.3 is 4.98 Å². The Hall–Kier alpha value is -2.08. The molecule has 0 bridgehead atoms. The molecule has 0 saturated carbocycles. The van der Waals surface area contributed by atoms with Crippen LogP contribution < -0.4 is 0 Å². The fourth-order valence-electron chi connectivity index (χ4n) is 1.97. The molecule has 0 radical (unpaired) electrons. The molecule has 0 atom stereocenters. The Morgan fingerprint density at radius 1 is 1.26 bits per heavy atom. The third-order valence-electron chi connectivity index (χ3n) is 2.87. The van der Waals surface area contributed by atoms with Gasteiger partial charge in [0.2, 0.25) is 0 Å². The van der Waals surface area contributed by atoms with E-state index in [1.54, 1.807) is 16.8 Å². The molecule has 0 aliphatic heterocycles. The maximum absolute atomic E-state index is 13.6. The van der Waals surface area contributed by atoms with E-state index in [0.29, 0.717) is 10.4 Å². The Labute approximate surface area is 112 Å². The number of halogens is 2. The zero-order valence-electron chi connectivity index (χ0n) is 9.73. The lowest BCUT2D eigenvalue weighted by molar-refractivity contribution is 0.577. The minimum absolute atomic E-state index is 0.138. The van der Waals surface area contributed by atoms with E-state index in [4.69, 9.17) is 12.2 Å². The Kier molecular flexibility index (Phi) is 2.87. The van der Waals surface area contributed by atoms with Crippen LogP contribution in [0.3, 0.4) is 0 Å². The molecule has 3 nitrogen and oxygen atoms in total. The molecule has 0 aliphatic carbocycles. The monoisotopic (exact) mass is 277 g/mol. The lowest BCUT2D eigenvalue weighted by atomic mass is 10.2. The topological polar surface area (TPSA) is 33.6 Å². The minimum atomic E-state index is -0.476. The highest BCUT2D eigenvalue weighted by Gasteiger charge is 2.09. The molecule has 96 valence electrons. The van der Waals surface area contributed by atoms with E-state index in [2.05, 4.69) is 9.97 Å². The van der Waals surface area contributed by atoms with Gasteiger partial charge in [-0.25, -0.2) is 13.8 Å². The Morgan fingerprint density at radius 2 is 2.11 bits per heavy atom. The van der Waals surface area contributed by atoms with Crippen LogP contribution in [-0.4, -0.2) is 14.5 Å². The fourth-order valence-corrected chi connectivity index (χ4v) is 2.23. The maximum atomic E-state index is 13.6. The number of imidazole rings is 1. The third kappa shape index (κ3) is 2.15. The van der Waals surface area contributed by atoms with E-state index in [-0.39, 0.29) is 12.1 Å². The van der Waals surface area contributed by atoms with E-state index < -0.39 is 11.6 Å². The second-order valence-electron chi connectivity index (χ2n) is 4.13. The van der Waals surface area contributed by atoms with E-state index in [1.165, 1.54) is 6.07 Å². The van der Waals surface area contributed by atoms with Gasteiger partial charge in [0.05, 0.1) is 12.1 Å². The van der Waals surface area contributed by atoms with Crippen molar-refractivity contribution in [2.24, 2.45) is 0 Å². The number of H-pyrrole nitrogens is 1. The van der Waals surface area contributed by atoms with Crippen molar-refractivity contribution in [3.63, 3.8) is 0 Å². The number of pyridine rings is 1. The number of hydrogen-bond acceptors (Lipinski definition) is 2. The van der Waals surface area contributed by atoms with Crippen molar-refractivity contribution in [1.29, 1.82) is 0 Å². The molecule has 0 fully saturated rings. The van der Waals surface area contributed by atoms with E-state index in [0.717, 1.165) is 17.6 Å². The van der Waals surface area contributed by atoms with Crippen LogP contribution >= 0.6 is 12.2 Å². The van der Waals surface area contributed by atoms with Crippen LogP contribution in [0, 0.1) is 16.4 Å². The molecule has 1 N–H and O–H groups in total. The van der Waals surface area contributed by atoms with Crippen molar-refractivity contribution in [3.05, 3.63) is 58.5 Å². The zero-order chi connectivity index (χ0) is 13.4. The van der Waals surface area contributed by atoms with Crippen molar-refractivity contribution < 1.29 is 8.78 Å². The molecule has 2 heterocycles. The number of rotatable bonds is 2. The minimum Gasteiger partial charge on any atom is -0.329 e. The van der Waals surface area contributed by atoms with Gasteiger partial charge in [-0.2, -0.15) is 0 Å². The molecule has 0 amide bonds. The second kappa shape index (κ2) is 4.55. The number of aromatic amines is 1. The number of benzene rings is 1. The predicted molar refractivity (Wildman–Crippen MR) is 70.4 cm³/mol. The molecule has 1 aromatic carbocycles. The van der Waals surface area contributed by atoms with Crippen molar-refractivity contribution in [1.82, 2.24) is 14.5 Å². The molecule has 0 saturated heterocycles. The largest absolute Gasteiger partial charge is 0.329 e. The lowest BCUT2D eigenvalue weighted by Crippen LogP contribution is -2.03. The number of nitrogens with zero attached hydrogens (tertiary/aromatic N) is 2. The molecule has 3 aromatic rings. The maximum Gasteiger partial charge on any atom is 0.179 e. The van der Waals surface area contributed by atoms with Crippen LogP contribution in [0.25, 0.3) is 11.2 Å². The lowest BCUT2D eigenvalue weighted by Gasteiger charge is -2.05. The third-order valence-corrected chi connectivity index (χ3v) is 3.19. The van der Waals surface area contributed by atoms with Gasteiger partial charge in [-0.15, -0.1) is 0 Å². The average Bonchev–Trinajstić information content (AvgIpc) is 2.71. The first-order valence-corrected chi connectivity index (χ1v) is 6.03. The fraction of sp³-hybridized carbons (Fsp3) is 0.0769. The Balaban J connectivity index is 2.13. The van der Waals surface area contributed by atoms with Gasteiger partial charge in [0.1, 0.15) is 11.6 Å². The first kappa shape index (κ1) is 12.0. The molecule has 6 heteroatoms. The summed E-state index contributed by atoms with van der Waals surface area (Å²) in [5.74, 6) is -0.940. The molecular formula is C13H9F2N3S. The van der Waals surface area contributed by atoms with Crippen LogP contribution in [0.15, 0.2) is 36.5 Å². The normalized spacial score (nSPS) is 11.1. The highest BCUT2D eigenvalue weighted by molar-refractivity contribution is 7.71.